The monoisotopic (exact) mass is 260 g/mol. The fraction of sp³-hybridized carbons (Fsp3) is 0.231. The molecule has 0 saturated heterocycles. The van der Waals surface area contributed by atoms with Gasteiger partial charge in [-0.15, -0.1) is 0 Å². The zero-order valence-corrected chi connectivity index (χ0v) is 10.6. The Morgan fingerprint density at radius 1 is 1.37 bits per heavy atom. The first kappa shape index (κ1) is 12.9. The zero-order valence-electron chi connectivity index (χ0n) is 10.6. The summed E-state index contributed by atoms with van der Waals surface area (Å²) in [6, 6.07) is 5.28. The minimum atomic E-state index is -0.528. The predicted octanol–water partition coefficient (Wildman–Crippen LogP) is 0.698. The Morgan fingerprint density at radius 2 is 2.11 bits per heavy atom. The van der Waals surface area contributed by atoms with Crippen LogP contribution < -0.4 is 11.5 Å². The highest BCUT2D eigenvalue weighted by Gasteiger charge is 2.19. The highest BCUT2D eigenvalue weighted by molar-refractivity contribution is 6.07. The third-order valence-corrected chi connectivity index (χ3v) is 2.95. The number of nitrogens with zero attached hydrogens (tertiary/aromatic N) is 1. The molecule has 0 spiro atoms. The van der Waals surface area contributed by atoms with Crippen LogP contribution in [0.1, 0.15) is 17.3 Å². The average molecular weight is 260 g/mol. The van der Waals surface area contributed by atoms with E-state index in [2.05, 4.69) is 4.98 Å². The summed E-state index contributed by atoms with van der Waals surface area (Å²) in [5, 5.41) is 0.780. The van der Waals surface area contributed by atoms with Crippen LogP contribution in [0, 0.1) is 0 Å². The first-order valence-electron chi connectivity index (χ1n) is 5.97. The maximum absolute atomic E-state index is 12.3. The third kappa shape index (κ3) is 2.52. The number of rotatable bonds is 4. The molecule has 1 heterocycles. The normalized spacial score (nSPS) is 10.6. The number of carbonyl (C=O) groups excluding carboxylic acids is 2. The Kier molecular flexibility index (Phi) is 3.41. The summed E-state index contributed by atoms with van der Waals surface area (Å²) in [4.78, 5) is 27.7. The molecule has 2 aromatic rings. The van der Waals surface area contributed by atoms with Gasteiger partial charge in [0.1, 0.15) is 0 Å². The van der Waals surface area contributed by atoms with Gasteiger partial charge in [-0.25, -0.2) is 0 Å². The van der Waals surface area contributed by atoms with Crippen LogP contribution in [0.3, 0.4) is 0 Å². The van der Waals surface area contributed by atoms with Crippen molar-refractivity contribution in [3.8, 4) is 0 Å². The Morgan fingerprint density at radius 3 is 2.74 bits per heavy atom. The second kappa shape index (κ2) is 5.01. The molecule has 1 aromatic heterocycles. The van der Waals surface area contributed by atoms with Crippen molar-refractivity contribution < 1.29 is 9.59 Å². The molecular formula is C13H16N4O2. The van der Waals surface area contributed by atoms with E-state index in [0.717, 1.165) is 10.9 Å². The summed E-state index contributed by atoms with van der Waals surface area (Å²) in [5.74, 6) is -0.753. The number of H-pyrrole nitrogens is 1. The van der Waals surface area contributed by atoms with E-state index in [9.17, 15) is 9.59 Å². The van der Waals surface area contributed by atoms with Gasteiger partial charge in [-0.1, -0.05) is 0 Å². The number of anilines is 1. The van der Waals surface area contributed by atoms with Crippen molar-refractivity contribution in [2.45, 2.75) is 6.92 Å². The first-order chi connectivity index (χ1) is 9.02. The fourth-order valence-electron chi connectivity index (χ4n) is 2.01. The van der Waals surface area contributed by atoms with Crippen molar-refractivity contribution in [3.05, 3.63) is 30.0 Å². The number of hydrogen-bond acceptors (Lipinski definition) is 3. The molecule has 0 aliphatic heterocycles. The van der Waals surface area contributed by atoms with Crippen LogP contribution in [0.4, 0.5) is 5.69 Å². The molecular weight excluding hydrogens is 244 g/mol. The Hall–Kier alpha value is -2.50. The van der Waals surface area contributed by atoms with Crippen LogP contribution in [-0.2, 0) is 4.79 Å². The number of nitrogen functional groups attached to an aromatic ring is 1. The van der Waals surface area contributed by atoms with Gasteiger partial charge in [-0.05, 0) is 25.1 Å². The lowest BCUT2D eigenvalue weighted by Crippen LogP contribution is -2.38. The molecule has 0 unspecified atom stereocenters. The molecule has 6 nitrogen and oxygen atoms in total. The van der Waals surface area contributed by atoms with Crippen molar-refractivity contribution >= 4 is 28.4 Å². The van der Waals surface area contributed by atoms with E-state index in [1.54, 1.807) is 31.3 Å². The number of amides is 2. The SMILES string of the molecule is CCN(CC(N)=O)C(=O)c1c[nH]c2cc(N)ccc12. The lowest BCUT2D eigenvalue weighted by atomic mass is 10.1. The van der Waals surface area contributed by atoms with Gasteiger partial charge < -0.3 is 21.4 Å². The maximum atomic E-state index is 12.3. The maximum Gasteiger partial charge on any atom is 0.256 e. The Balaban J connectivity index is 2.38. The van der Waals surface area contributed by atoms with Crippen LogP contribution >= 0.6 is 0 Å². The quantitative estimate of drug-likeness (QED) is 0.704. The van der Waals surface area contributed by atoms with E-state index in [-0.39, 0.29) is 12.5 Å². The minimum absolute atomic E-state index is 0.0863. The number of benzene rings is 1. The van der Waals surface area contributed by atoms with Crippen LogP contribution in [0.15, 0.2) is 24.4 Å². The zero-order chi connectivity index (χ0) is 14.0. The van der Waals surface area contributed by atoms with Gasteiger partial charge in [0.2, 0.25) is 5.91 Å². The van der Waals surface area contributed by atoms with Crippen molar-refractivity contribution in [2.24, 2.45) is 5.73 Å². The Bertz CT molecular complexity index is 633. The molecule has 2 rings (SSSR count). The molecule has 0 radical (unpaired) electrons. The van der Waals surface area contributed by atoms with E-state index in [4.69, 9.17) is 11.5 Å². The molecule has 0 atom stereocenters. The standard InChI is InChI=1S/C13H16N4O2/c1-2-17(7-12(15)18)13(19)10-6-16-11-5-8(14)3-4-9(10)11/h3-6,16H,2,7,14H2,1H3,(H2,15,18). The summed E-state index contributed by atoms with van der Waals surface area (Å²) in [6.07, 6.45) is 1.62. The predicted molar refractivity (Wildman–Crippen MR) is 73.5 cm³/mol. The van der Waals surface area contributed by atoms with Crippen molar-refractivity contribution in [1.29, 1.82) is 0 Å². The fourth-order valence-corrected chi connectivity index (χ4v) is 2.01. The Labute approximate surface area is 110 Å². The first-order valence-corrected chi connectivity index (χ1v) is 5.97. The van der Waals surface area contributed by atoms with Gasteiger partial charge in [-0.3, -0.25) is 9.59 Å². The largest absolute Gasteiger partial charge is 0.399 e. The van der Waals surface area contributed by atoms with E-state index in [1.807, 2.05) is 0 Å². The summed E-state index contributed by atoms with van der Waals surface area (Å²) in [5.41, 5.74) is 12.7. The second-order valence-electron chi connectivity index (χ2n) is 4.29. The number of carbonyl (C=O) groups is 2. The second-order valence-corrected chi connectivity index (χ2v) is 4.29. The van der Waals surface area contributed by atoms with Crippen molar-refractivity contribution in [3.63, 3.8) is 0 Å². The number of nitrogens with two attached hydrogens (primary N) is 2. The molecule has 0 aliphatic carbocycles. The summed E-state index contributed by atoms with van der Waals surface area (Å²) < 4.78 is 0. The number of nitrogens with one attached hydrogen (secondary N) is 1. The topological polar surface area (TPSA) is 105 Å². The molecule has 0 aliphatic rings. The summed E-state index contributed by atoms with van der Waals surface area (Å²) in [7, 11) is 0. The van der Waals surface area contributed by atoms with Crippen LogP contribution in [0.5, 0.6) is 0 Å². The van der Waals surface area contributed by atoms with Gasteiger partial charge in [0.15, 0.2) is 0 Å². The third-order valence-electron chi connectivity index (χ3n) is 2.95. The van der Waals surface area contributed by atoms with Crippen LogP contribution in [0.25, 0.3) is 10.9 Å². The average Bonchev–Trinajstić information content (AvgIpc) is 2.77. The van der Waals surface area contributed by atoms with Crippen molar-refractivity contribution in [1.82, 2.24) is 9.88 Å². The molecule has 2 amide bonds. The molecule has 6 heteroatoms. The lowest BCUT2D eigenvalue weighted by Gasteiger charge is -2.18. The van der Waals surface area contributed by atoms with E-state index in [1.165, 1.54) is 4.90 Å². The highest BCUT2D eigenvalue weighted by atomic mass is 16.2. The van der Waals surface area contributed by atoms with E-state index < -0.39 is 5.91 Å². The van der Waals surface area contributed by atoms with E-state index >= 15 is 0 Å². The molecule has 0 bridgehead atoms. The van der Waals surface area contributed by atoms with Gasteiger partial charge >= 0.3 is 0 Å². The molecule has 19 heavy (non-hydrogen) atoms. The molecule has 1 aromatic carbocycles. The number of hydrogen-bond donors (Lipinski definition) is 3. The van der Waals surface area contributed by atoms with Gasteiger partial charge in [0.25, 0.3) is 5.91 Å². The molecule has 5 N–H and O–H groups in total. The number of likely N-dealkylation sites (N-methyl/N-ethyl adjacent to an activating group) is 1. The van der Waals surface area contributed by atoms with E-state index in [0.29, 0.717) is 17.8 Å². The van der Waals surface area contributed by atoms with Gasteiger partial charge in [0, 0.05) is 29.3 Å². The molecule has 100 valence electrons. The van der Waals surface area contributed by atoms with Gasteiger partial charge in [-0.2, -0.15) is 0 Å². The number of primary amides is 1. The number of aromatic amines is 1. The van der Waals surface area contributed by atoms with Crippen molar-refractivity contribution in [2.75, 3.05) is 18.8 Å². The minimum Gasteiger partial charge on any atom is -0.399 e. The number of fused-ring (bicyclic) bond motifs is 1. The smallest absolute Gasteiger partial charge is 0.256 e. The number of aromatic nitrogens is 1. The lowest BCUT2D eigenvalue weighted by molar-refractivity contribution is -0.118. The van der Waals surface area contributed by atoms with Gasteiger partial charge in [0.05, 0.1) is 12.1 Å². The van der Waals surface area contributed by atoms with Crippen LogP contribution in [0.2, 0.25) is 0 Å². The molecule has 0 saturated carbocycles. The highest BCUT2D eigenvalue weighted by Crippen LogP contribution is 2.21. The molecule has 0 fully saturated rings. The van der Waals surface area contributed by atoms with Crippen LogP contribution in [-0.4, -0.2) is 34.8 Å². The summed E-state index contributed by atoms with van der Waals surface area (Å²) in [6.45, 7) is 2.13. The summed E-state index contributed by atoms with van der Waals surface area (Å²) >= 11 is 0.